The third-order valence-corrected chi connectivity index (χ3v) is 2.79. The van der Waals surface area contributed by atoms with Crippen molar-refractivity contribution in [3.05, 3.63) is 34.9 Å². The minimum atomic E-state index is -0.892. The summed E-state index contributed by atoms with van der Waals surface area (Å²) in [7, 11) is 0. The van der Waals surface area contributed by atoms with Crippen LogP contribution in [-0.4, -0.2) is 23.8 Å². The molecule has 17 heavy (non-hydrogen) atoms. The minimum Gasteiger partial charge on any atom is -0.479 e. The van der Waals surface area contributed by atoms with Gasteiger partial charge in [0.1, 0.15) is 0 Å². The molecule has 94 valence electrons. The fourth-order valence-corrected chi connectivity index (χ4v) is 1.62. The number of ether oxygens (including phenoxy) is 1. The van der Waals surface area contributed by atoms with Crippen LogP contribution >= 0.6 is 0 Å². The molecule has 1 rings (SSSR count). The Kier molecular flexibility index (Phi) is 5.16. The van der Waals surface area contributed by atoms with Gasteiger partial charge >= 0.3 is 5.97 Å². The molecule has 1 atom stereocenters. The molecule has 0 aromatic heterocycles. The van der Waals surface area contributed by atoms with E-state index in [2.05, 4.69) is 0 Å². The highest BCUT2D eigenvalue weighted by Gasteiger charge is 2.18. The van der Waals surface area contributed by atoms with Crippen molar-refractivity contribution < 1.29 is 14.6 Å². The maximum atomic E-state index is 11.0. The molecule has 0 saturated heterocycles. The Morgan fingerprint density at radius 1 is 1.35 bits per heavy atom. The average molecular weight is 236 g/mol. The first-order chi connectivity index (χ1) is 8.04. The number of aliphatic carboxylic acids is 1. The standard InChI is InChI=1S/C14H20O3/c1-4-7-17-13(14(15)16)9-12-6-5-10(2)11(3)8-12/h5-6,8,13H,4,7,9H2,1-3H3,(H,15,16)/t13-/m1/s1. The van der Waals surface area contributed by atoms with Crippen LogP contribution in [0.2, 0.25) is 0 Å². The molecule has 3 heteroatoms. The normalized spacial score (nSPS) is 12.4. The largest absolute Gasteiger partial charge is 0.479 e. The molecule has 0 aliphatic rings. The van der Waals surface area contributed by atoms with Crippen LogP contribution in [0.1, 0.15) is 30.0 Å². The second-order valence-electron chi connectivity index (χ2n) is 4.32. The van der Waals surface area contributed by atoms with Crippen LogP contribution in [0.15, 0.2) is 18.2 Å². The van der Waals surface area contributed by atoms with Crippen molar-refractivity contribution in [3.63, 3.8) is 0 Å². The molecule has 1 aromatic carbocycles. The van der Waals surface area contributed by atoms with Crippen molar-refractivity contribution in [1.29, 1.82) is 0 Å². The van der Waals surface area contributed by atoms with Gasteiger partial charge in [-0.2, -0.15) is 0 Å². The predicted octanol–water partition coefficient (Wildman–Crippen LogP) is 2.73. The molecule has 0 heterocycles. The van der Waals surface area contributed by atoms with Crippen molar-refractivity contribution in [2.24, 2.45) is 0 Å². The lowest BCUT2D eigenvalue weighted by molar-refractivity contribution is -0.150. The second kappa shape index (κ2) is 6.40. The van der Waals surface area contributed by atoms with E-state index in [0.29, 0.717) is 13.0 Å². The fourth-order valence-electron chi connectivity index (χ4n) is 1.62. The monoisotopic (exact) mass is 236 g/mol. The van der Waals surface area contributed by atoms with Gasteiger partial charge in [0.15, 0.2) is 6.10 Å². The van der Waals surface area contributed by atoms with E-state index in [1.165, 1.54) is 11.1 Å². The smallest absolute Gasteiger partial charge is 0.333 e. The average Bonchev–Trinajstić information content (AvgIpc) is 2.28. The summed E-state index contributed by atoms with van der Waals surface area (Å²) in [6.45, 7) is 6.53. The van der Waals surface area contributed by atoms with Gasteiger partial charge in [-0.05, 0) is 37.0 Å². The van der Waals surface area contributed by atoms with Crippen LogP contribution < -0.4 is 0 Å². The maximum Gasteiger partial charge on any atom is 0.333 e. The highest BCUT2D eigenvalue weighted by atomic mass is 16.5. The first-order valence-electron chi connectivity index (χ1n) is 5.95. The van der Waals surface area contributed by atoms with Crippen LogP contribution in [0, 0.1) is 13.8 Å². The van der Waals surface area contributed by atoms with E-state index in [1.54, 1.807) is 0 Å². The van der Waals surface area contributed by atoms with Crippen molar-refractivity contribution in [1.82, 2.24) is 0 Å². The molecule has 0 spiro atoms. The van der Waals surface area contributed by atoms with Gasteiger partial charge in [0, 0.05) is 13.0 Å². The third kappa shape index (κ3) is 4.19. The Morgan fingerprint density at radius 3 is 2.59 bits per heavy atom. The van der Waals surface area contributed by atoms with Gasteiger partial charge in [0.2, 0.25) is 0 Å². The Bertz CT molecular complexity index is 385. The van der Waals surface area contributed by atoms with Gasteiger partial charge in [-0.1, -0.05) is 25.1 Å². The number of rotatable bonds is 6. The number of carboxylic acids is 1. The van der Waals surface area contributed by atoms with E-state index in [1.807, 2.05) is 39.0 Å². The summed E-state index contributed by atoms with van der Waals surface area (Å²) in [5.41, 5.74) is 3.41. The minimum absolute atomic E-state index is 0.427. The highest BCUT2D eigenvalue weighted by Crippen LogP contribution is 2.13. The first-order valence-corrected chi connectivity index (χ1v) is 5.95. The zero-order chi connectivity index (χ0) is 12.8. The van der Waals surface area contributed by atoms with Gasteiger partial charge < -0.3 is 9.84 Å². The molecule has 0 bridgehead atoms. The summed E-state index contributed by atoms with van der Waals surface area (Å²) in [4.78, 5) is 11.0. The molecular formula is C14H20O3. The summed E-state index contributed by atoms with van der Waals surface area (Å²) in [5.74, 6) is -0.892. The molecule has 0 saturated carbocycles. The van der Waals surface area contributed by atoms with Crippen molar-refractivity contribution >= 4 is 5.97 Å². The zero-order valence-electron chi connectivity index (χ0n) is 10.7. The molecule has 0 aliphatic heterocycles. The zero-order valence-corrected chi connectivity index (χ0v) is 10.7. The first kappa shape index (κ1) is 13.7. The SMILES string of the molecule is CCCO[C@H](Cc1ccc(C)c(C)c1)C(=O)O. The number of aryl methyl sites for hydroxylation is 2. The highest BCUT2D eigenvalue weighted by molar-refractivity contribution is 5.72. The van der Waals surface area contributed by atoms with Gasteiger partial charge in [-0.25, -0.2) is 4.79 Å². The van der Waals surface area contributed by atoms with Crippen LogP contribution in [0.3, 0.4) is 0 Å². The summed E-state index contributed by atoms with van der Waals surface area (Å²) in [6, 6.07) is 6.01. The van der Waals surface area contributed by atoms with E-state index < -0.39 is 12.1 Å². The summed E-state index contributed by atoms with van der Waals surface area (Å²) < 4.78 is 5.33. The number of carboxylic acid groups (broad SMARTS) is 1. The van der Waals surface area contributed by atoms with Crippen LogP contribution in [0.5, 0.6) is 0 Å². The molecule has 0 amide bonds. The third-order valence-electron chi connectivity index (χ3n) is 2.79. The topological polar surface area (TPSA) is 46.5 Å². The number of benzene rings is 1. The lowest BCUT2D eigenvalue weighted by atomic mass is 10.0. The van der Waals surface area contributed by atoms with Crippen LogP contribution in [0.4, 0.5) is 0 Å². The number of hydrogen-bond donors (Lipinski definition) is 1. The Hall–Kier alpha value is -1.35. The molecular weight excluding hydrogens is 216 g/mol. The van der Waals surface area contributed by atoms with E-state index in [4.69, 9.17) is 9.84 Å². The Balaban J connectivity index is 2.71. The van der Waals surface area contributed by atoms with Gasteiger partial charge in [0.25, 0.3) is 0 Å². The number of carbonyl (C=O) groups is 1. The molecule has 0 unspecified atom stereocenters. The maximum absolute atomic E-state index is 11.0. The predicted molar refractivity (Wildman–Crippen MR) is 67.3 cm³/mol. The van der Waals surface area contributed by atoms with Crippen molar-refractivity contribution in [2.75, 3.05) is 6.61 Å². The van der Waals surface area contributed by atoms with Gasteiger partial charge in [-0.3, -0.25) is 0 Å². The second-order valence-corrected chi connectivity index (χ2v) is 4.32. The Labute approximate surface area is 102 Å². The lowest BCUT2D eigenvalue weighted by Gasteiger charge is -2.14. The number of hydrogen-bond acceptors (Lipinski definition) is 2. The molecule has 0 aliphatic carbocycles. The van der Waals surface area contributed by atoms with Gasteiger partial charge in [-0.15, -0.1) is 0 Å². The van der Waals surface area contributed by atoms with Crippen LogP contribution in [0.25, 0.3) is 0 Å². The molecule has 0 radical (unpaired) electrons. The van der Waals surface area contributed by atoms with E-state index in [-0.39, 0.29) is 0 Å². The summed E-state index contributed by atoms with van der Waals surface area (Å²) in [6.07, 6.45) is 0.518. The lowest BCUT2D eigenvalue weighted by Crippen LogP contribution is -2.26. The van der Waals surface area contributed by atoms with Crippen molar-refractivity contribution in [3.8, 4) is 0 Å². The molecule has 3 nitrogen and oxygen atoms in total. The fraction of sp³-hybridized carbons (Fsp3) is 0.500. The Morgan fingerprint density at radius 2 is 2.06 bits per heavy atom. The summed E-state index contributed by atoms with van der Waals surface area (Å²) in [5, 5.41) is 9.06. The molecule has 1 N–H and O–H groups in total. The quantitative estimate of drug-likeness (QED) is 0.826. The summed E-state index contributed by atoms with van der Waals surface area (Å²) >= 11 is 0. The van der Waals surface area contributed by atoms with E-state index >= 15 is 0 Å². The van der Waals surface area contributed by atoms with Crippen molar-refractivity contribution in [2.45, 2.75) is 39.7 Å². The van der Waals surface area contributed by atoms with Crippen LogP contribution in [-0.2, 0) is 16.0 Å². The van der Waals surface area contributed by atoms with E-state index in [9.17, 15) is 4.79 Å². The van der Waals surface area contributed by atoms with E-state index in [0.717, 1.165) is 12.0 Å². The molecule has 1 aromatic rings. The molecule has 0 fully saturated rings. The van der Waals surface area contributed by atoms with Gasteiger partial charge in [0.05, 0.1) is 0 Å².